The van der Waals surface area contributed by atoms with E-state index in [9.17, 15) is 13.2 Å². The molecule has 0 aliphatic rings. The Morgan fingerprint density at radius 1 is 0.893 bits per heavy atom. The summed E-state index contributed by atoms with van der Waals surface area (Å²) in [4.78, 5) is 0.779. The SMILES string of the molecule is CC(C)(CCCc1cccc(Oc2ccccc2)c1)c1cc(C(F)(F)F)cs1. The van der Waals surface area contributed by atoms with Crippen LogP contribution < -0.4 is 4.74 Å². The molecule has 2 aromatic carbocycles. The highest BCUT2D eigenvalue weighted by molar-refractivity contribution is 7.10. The Morgan fingerprint density at radius 2 is 1.61 bits per heavy atom. The summed E-state index contributed by atoms with van der Waals surface area (Å²) in [6, 6.07) is 18.9. The predicted octanol–water partition coefficient (Wildman–Crippen LogP) is 7.86. The zero-order chi connectivity index (χ0) is 20.2. The summed E-state index contributed by atoms with van der Waals surface area (Å²) >= 11 is 1.19. The summed E-state index contributed by atoms with van der Waals surface area (Å²) in [5, 5.41) is 1.21. The average Bonchev–Trinajstić information content (AvgIpc) is 3.14. The lowest BCUT2D eigenvalue weighted by atomic mass is 9.84. The minimum atomic E-state index is -4.27. The Morgan fingerprint density at radius 3 is 2.29 bits per heavy atom. The third-order valence-electron chi connectivity index (χ3n) is 4.74. The summed E-state index contributed by atoms with van der Waals surface area (Å²) < 4.78 is 44.4. The molecule has 148 valence electrons. The lowest BCUT2D eigenvalue weighted by Gasteiger charge is -2.23. The van der Waals surface area contributed by atoms with Gasteiger partial charge in [0.1, 0.15) is 11.5 Å². The van der Waals surface area contributed by atoms with Crippen LogP contribution >= 0.6 is 11.3 Å². The predicted molar refractivity (Wildman–Crippen MR) is 108 cm³/mol. The van der Waals surface area contributed by atoms with Crippen LogP contribution in [-0.4, -0.2) is 0 Å². The van der Waals surface area contributed by atoms with E-state index in [2.05, 4.69) is 6.07 Å². The summed E-state index contributed by atoms with van der Waals surface area (Å²) in [5.74, 6) is 1.58. The van der Waals surface area contributed by atoms with Gasteiger partial charge in [0, 0.05) is 10.3 Å². The molecule has 1 nitrogen and oxygen atoms in total. The molecule has 0 N–H and O–H groups in total. The molecule has 0 amide bonds. The van der Waals surface area contributed by atoms with Crippen LogP contribution in [0, 0.1) is 0 Å². The van der Waals surface area contributed by atoms with Crippen LogP contribution in [0.1, 0.15) is 42.7 Å². The molecule has 3 rings (SSSR count). The van der Waals surface area contributed by atoms with Gasteiger partial charge in [-0.15, -0.1) is 11.3 Å². The highest BCUT2D eigenvalue weighted by Gasteiger charge is 2.33. The number of halogens is 3. The Labute approximate surface area is 167 Å². The van der Waals surface area contributed by atoms with Crippen molar-refractivity contribution in [1.82, 2.24) is 0 Å². The number of hydrogen-bond donors (Lipinski definition) is 0. The second-order valence-corrected chi connectivity index (χ2v) is 8.41. The van der Waals surface area contributed by atoms with Crippen molar-refractivity contribution in [1.29, 1.82) is 0 Å². The van der Waals surface area contributed by atoms with Crippen molar-refractivity contribution in [2.24, 2.45) is 0 Å². The number of ether oxygens (including phenoxy) is 1. The molecule has 0 atom stereocenters. The summed E-state index contributed by atoms with van der Waals surface area (Å²) in [6.07, 6.45) is -1.72. The van der Waals surface area contributed by atoms with Gasteiger partial charge < -0.3 is 4.74 Å². The van der Waals surface area contributed by atoms with Crippen molar-refractivity contribution in [3.8, 4) is 11.5 Å². The van der Waals surface area contributed by atoms with Gasteiger partial charge in [0.25, 0.3) is 0 Å². The molecule has 0 aliphatic heterocycles. The topological polar surface area (TPSA) is 9.23 Å². The maximum atomic E-state index is 12.9. The van der Waals surface area contributed by atoms with Crippen molar-refractivity contribution in [3.05, 3.63) is 82.0 Å². The second kappa shape index (κ2) is 8.39. The Bertz CT molecular complexity index is 897. The third-order valence-corrected chi connectivity index (χ3v) is 6.03. The van der Waals surface area contributed by atoms with E-state index in [1.807, 2.05) is 62.4 Å². The molecule has 0 fully saturated rings. The first-order chi connectivity index (χ1) is 13.2. The van der Waals surface area contributed by atoms with Crippen molar-refractivity contribution in [2.75, 3.05) is 0 Å². The highest BCUT2D eigenvalue weighted by atomic mass is 32.1. The van der Waals surface area contributed by atoms with Crippen LogP contribution in [0.25, 0.3) is 0 Å². The number of rotatable bonds is 7. The first kappa shape index (κ1) is 20.5. The number of hydrogen-bond acceptors (Lipinski definition) is 2. The molecule has 0 spiro atoms. The quantitative estimate of drug-likeness (QED) is 0.389. The molecule has 0 radical (unpaired) electrons. The fraction of sp³-hybridized carbons (Fsp3) is 0.304. The van der Waals surface area contributed by atoms with Crippen LogP contribution in [0.4, 0.5) is 13.2 Å². The van der Waals surface area contributed by atoms with Gasteiger partial charge in [0.15, 0.2) is 0 Å². The van der Waals surface area contributed by atoms with Gasteiger partial charge in [-0.25, -0.2) is 0 Å². The molecule has 1 aromatic heterocycles. The molecule has 28 heavy (non-hydrogen) atoms. The van der Waals surface area contributed by atoms with E-state index in [0.717, 1.165) is 41.2 Å². The fourth-order valence-electron chi connectivity index (χ4n) is 3.09. The lowest BCUT2D eigenvalue weighted by molar-refractivity contribution is -0.137. The van der Waals surface area contributed by atoms with Gasteiger partial charge >= 0.3 is 6.18 Å². The lowest BCUT2D eigenvalue weighted by Crippen LogP contribution is -2.16. The normalized spacial score (nSPS) is 12.2. The fourth-order valence-corrected chi connectivity index (χ4v) is 4.16. The molecular formula is C23H23F3OS. The summed E-state index contributed by atoms with van der Waals surface area (Å²) in [6.45, 7) is 4.02. The molecule has 0 bridgehead atoms. The molecule has 3 aromatic rings. The van der Waals surface area contributed by atoms with Gasteiger partial charge in [0.2, 0.25) is 0 Å². The highest BCUT2D eigenvalue weighted by Crippen LogP contribution is 2.39. The van der Waals surface area contributed by atoms with Crippen LogP contribution in [0.15, 0.2) is 66.0 Å². The van der Waals surface area contributed by atoms with Crippen LogP contribution in [0.3, 0.4) is 0 Å². The molecule has 0 aliphatic carbocycles. The monoisotopic (exact) mass is 404 g/mol. The number of benzene rings is 2. The molecule has 0 saturated carbocycles. The van der Waals surface area contributed by atoms with Crippen LogP contribution in [0.5, 0.6) is 11.5 Å². The Kier molecular flexibility index (Phi) is 6.14. The van der Waals surface area contributed by atoms with E-state index >= 15 is 0 Å². The molecule has 1 heterocycles. The van der Waals surface area contributed by atoms with E-state index in [1.54, 1.807) is 0 Å². The zero-order valence-corrected chi connectivity index (χ0v) is 16.7. The average molecular weight is 404 g/mol. The molecule has 0 saturated heterocycles. The van der Waals surface area contributed by atoms with E-state index in [0.29, 0.717) is 0 Å². The van der Waals surface area contributed by atoms with Gasteiger partial charge in [-0.3, -0.25) is 0 Å². The Hall–Kier alpha value is -2.27. The molecule has 0 unspecified atom stereocenters. The van der Waals surface area contributed by atoms with Crippen LogP contribution in [-0.2, 0) is 18.0 Å². The number of aryl methyl sites for hydroxylation is 1. The summed E-state index contributed by atoms with van der Waals surface area (Å²) in [7, 11) is 0. The van der Waals surface area contributed by atoms with Crippen molar-refractivity contribution >= 4 is 11.3 Å². The number of thiophene rings is 1. The third kappa shape index (κ3) is 5.38. The zero-order valence-electron chi connectivity index (χ0n) is 15.9. The summed E-state index contributed by atoms with van der Waals surface area (Å²) in [5.41, 5.74) is 0.324. The number of alkyl halides is 3. The first-order valence-corrected chi connectivity index (χ1v) is 10.1. The largest absolute Gasteiger partial charge is 0.457 e. The van der Waals surface area contributed by atoms with E-state index in [4.69, 9.17) is 4.74 Å². The minimum Gasteiger partial charge on any atom is -0.457 e. The van der Waals surface area contributed by atoms with Crippen molar-refractivity contribution in [2.45, 2.75) is 44.7 Å². The maximum absolute atomic E-state index is 12.9. The smallest absolute Gasteiger partial charge is 0.417 e. The first-order valence-electron chi connectivity index (χ1n) is 9.22. The standard InChI is InChI=1S/C23H23F3OS/c1-22(2,21-15-18(16-28-21)23(24,25)26)13-7-9-17-8-6-12-20(14-17)27-19-10-4-3-5-11-19/h3-6,8,10-12,14-16H,7,9,13H2,1-2H3. The van der Waals surface area contributed by atoms with Crippen LogP contribution in [0.2, 0.25) is 0 Å². The molecular weight excluding hydrogens is 381 g/mol. The van der Waals surface area contributed by atoms with E-state index in [1.165, 1.54) is 22.8 Å². The number of para-hydroxylation sites is 1. The van der Waals surface area contributed by atoms with Crippen molar-refractivity contribution < 1.29 is 17.9 Å². The maximum Gasteiger partial charge on any atom is 0.417 e. The Balaban J connectivity index is 1.58. The van der Waals surface area contributed by atoms with E-state index in [-0.39, 0.29) is 5.41 Å². The van der Waals surface area contributed by atoms with E-state index < -0.39 is 11.7 Å². The van der Waals surface area contributed by atoms with Gasteiger partial charge in [-0.05, 0) is 60.6 Å². The van der Waals surface area contributed by atoms with Gasteiger partial charge in [-0.2, -0.15) is 13.2 Å². The van der Waals surface area contributed by atoms with Gasteiger partial charge in [0.05, 0.1) is 5.56 Å². The van der Waals surface area contributed by atoms with Crippen molar-refractivity contribution in [3.63, 3.8) is 0 Å². The minimum absolute atomic E-state index is 0.285. The second-order valence-electron chi connectivity index (χ2n) is 7.50. The molecule has 5 heteroatoms. The van der Waals surface area contributed by atoms with Gasteiger partial charge in [-0.1, -0.05) is 44.2 Å².